The molecule has 0 aliphatic rings. The number of carboxylic acid groups (broad SMARTS) is 1. The van der Waals surface area contributed by atoms with Crippen molar-refractivity contribution in [3.8, 4) is 0 Å². The summed E-state index contributed by atoms with van der Waals surface area (Å²) < 4.78 is 0. The number of rotatable bonds is 7. The molecule has 0 saturated carbocycles. The molecule has 0 bridgehead atoms. The molecule has 0 unspecified atom stereocenters. The monoisotopic (exact) mass is 263 g/mol. The van der Waals surface area contributed by atoms with Crippen LogP contribution in [0, 0.1) is 5.41 Å². The number of hydrogen-bond acceptors (Lipinski definition) is 2. The molecule has 0 saturated heterocycles. The van der Waals surface area contributed by atoms with Crippen LogP contribution in [0.1, 0.15) is 45.2 Å². The Morgan fingerprint density at radius 1 is 1.21 bits per heavy atom. The first-order valence-electron chi connectivity index (χ1n) is 6.96. The fourth-order valence-corrected chi connectivity index (χ4v) is 2.27. The molecule has 0 atom stereocenters. The normalized spacial score (nSPS) is 11.4. The number of hydrogen-bond donors (Lipinski definition) is 2. The maximum Gasteiger partial charge on any atom is 0.303 e. The number of nitrogens with one attached hydrogen (secondary N) is 1. The average molecular weight is 263 g/mol. The van der Waals surface area contributed by atoms with Gasteiger partial charge >= 0.3 is 5.97 Å². The van der Waals surface area contributed by atoms with Gasteiger partial charge in [0.2, 0.25) is 0 Å². The van der Waals surface area contributed by atoms with Gasteiger partial charge in [0.25, 0.3) is 0 Å². The van der Waals surface area contributed by atoms with Crippen molar-refractivity contribution >= 4 is 11.7 Å². The van der Waals surface area contributed by atoms with E-state index in [0.717, 1.165) is 12.8 Å². The number of para-hydroxylation sites is 1. The molecule has 106 valence electrons. The molecule has 0 amide bonds. The van der Waals surface area contributed by atoms with Crippen molar-refractivity contribution < 1.29 is 9.90 Å². The van der Waals surface area contributed by atoms with Gasteiger partial charge in [-0.25, -0.2) is 0 Å². The highest BCUT2D eigenvalue weighted by atomic mass is 16.4. The Morgan fingerprint density at radius 3 is 2.16 bits per heavy atom. The van der Waals surface area contributed by atoms with Crippen LogP contribution < -0.4 is 5.32 Å². The van der Waals surface area contributed by atoms with Crippen molar-refractivity contribution in [1.29, 1.82) is 0 Å². The van der Waals surface area contributed by atoms with Gasteiger partial charge in [0.1, 0.15) is 0 Å². The van der Waals surface area contributed by atoms with Crippen LogP contribution in [0.25, 0.3) is 0 Å². The second-order valence-corrected chi connectivity index (χ2v) is 5.75. The molecule has 0 spiro atoms. The average Bonchev–Trinajstić information content (AvgIpc) is 2.34. The van der Waals surface area contributed by atoms with Gasteiger partial charge < -0.3 is 10.4 Å². The van der Waals surface area contributed by atoms with E-state index in [1.54, 1.807) is 0 Å². The van der Waals surface area contributed by atoms with Gasteiger partial charge in [0.05, 0.1) is 6.42 Å². The molecule has 0 heterocycles. The third-order valence-electron chi connectivity index (χ3n) is 3.37. The van der Waals surface area contributed by atoms with Gasteiger partial charge in [-0.1, -0.05) is 45.9 Å². The predicted molar refractivity (Wildman–Crippen MR) is 79.7 cm³/mol. The summed E-state index contributed by atoms with van der Waals surface area (Å²) >= 11 is 0. The van der Waals surface area contributed by atoms with E-state index in [-0.39, 0.29) is 11.8 Å². The second-order valence-electron chi connectivity index (χ2n) is 5.75. The minimum atomic E-state index is -0.744. The van der Waals surface area contributed by atoms with E-state index < -0.39 is 5.97 Å². The van der Waals surface area contributed by atoms with E-state index in [1.165, 1.54) is 16.8 Å². The number of benzene rings is 1. The quantitative estimate of drug-likeness (QED) is 0.788. The SMILES string of the molecule is CCc1cccc(CC)c1NCC(C)(C)CC(=O)O. The molecule has 3 heteroatoms. The molecule has 1 rings (SSSR count). The summed E-state index contributed by atoms with van der Waals surface area (Å²) in [6.07, 6.45) is 2.14. The molecule has 0 aliphatic carbocycles. The van der Waals surface area contributed by atoms with E-state index in [4.69, 9.17) is 5.11 Å². The van der Waals surface area contributed by atoms with E-state index in [0.29, 0.717) is 6.54 Å². The van der Waals surface area contributed by atoms with Crippen molar-refractivity contribution in [2.75, 3.05) is 11.9 Å². The zero-order valence-electron chi connectivity index (χ0n) is 12.4. The van der Waals surface area contributed by atoms with E-state index in [9.17, 15) is 4.79 Å². The maximum atomic E-state index is 10.8. The van der Waals surface area contributed by atoms with Crippen molar-refractivity contribution in [2.24, 2.45) is 5.41 Å². The molecule has 0 radical (unpaired) electrons. The lowest BCUT2D eigenvalue weighted by atomic mass is 9.89. The summed E-state index contributed by atoms with van der Waals surface area (Å²) in [5.74, 6) is -0.744. The van der Waals surface area contributed by atoms with Gasteiger partial charge in [-0.3, -0.25) is 4.79 Å². The van der Waals surface area contributed by atoms with E-state index >= 15 is 0 Å². The van der Waals surface area contributed by atoms with Crippen molar-refractivity contribution in [3.05, 3.63) is 29.3 Å². The molecule has 1 aromatic carbocycles. The number of carbonyl (C=O) groups is 1. The molecule has 1 aromatic rings. The molecular weight excluding hydrogens is 238 g/mol. The Morgan fingerprint density at radius 2 is 1.74 bits per heavy atom. The van der Waals surface area contributed by atoms with Crippen LogP contribution in [0.2, 0.25) is 0 Å². The standard InChI is InChI=1S/C16H25NO2/c1-5-12-8-7-9-13(6-2)15(12)17-11-16(3,4)10-14(18)19/h7-9,17H,5-6,10-11H2,1-4H3,(H,18,19). The van der Waals surface area contributed by atoms with Crippen molar-refractivity contribution in [3.63, 3.8) is 0 Å². The Bertz CT molecular complexity index is 416. The lowest BCUT2D eigenvalue weighted by molar-refractivity contribution is -0.139. The van der Waals surface area contributed by atoms with Gasteiger partial charge in [-0.2, -0.15) is 0 Å². The van der Waals surface area contributed by atoms with Gasteiger partial charge in [-0.05, 0) is 29.4 Å². The van der Waals surface area contributed by atoms with Gasteiger partial charge in [0.15, 0.2) is 0 Å². The molecule has 3 nitrogen and oxygen atoms in total. The number of aliphatic carboxylic acids is 1. The first kappa shape index (κ1) is 15.5. The Balaban J connectivity index is 2.84. The van der Waals surface area contributed by atoms with Crippen molar-refractivity contribution in [1.82, 2.24) is 0 Å². The van der Waals surface area contributed by atoms with E-state index in [2.05, 4.69) is 37.4 Å². The van der Waals surface area contributed by atoms with Crippen LogP contribution in [0.4, 0.5) is 5.69 Å². The minimum absolute atomic E-state index is 0.176. The molecule has 0 fully saturated rings. The highest BCUT2D eigenvalue weighted by molar-refractivity contribution is 5.67. The van der Waals surface area contributed by atoms with Crippen LogP contribution in [-0.2, 0) is 17.6 Å². The summed E-state index contributed by atoms with van der Waals surface area (Å²) in [6.45, 7) is 8.91. The highest BCUT2D eigenvalue weighted by Crippen LogP contribution is 2.26. The minimum Gasteiger partial charge on any atom is -0.481 e. The highest BCUT2D eigenvalue weighted by Gasteiger charge is 2.22. The van der Waals surface area contributed by atoms with Crippen LogP contribution in [0.3, 0.4) is 0 Å². The number of aryl methyl sites for hydroxylation is 2. The Hall–Kier alpha value is -1.51. The van der Waals surface area contributed by atoms with Crippen LogP contribution in [0.15, 0.2) is 18.2 Å². The van der Waals surface area contributed by atoms with Crippen molar-refractivity contribution in [2.45, 2.75) is 47.0 Å². The molecule has 0 aliphatic heterocycles. The van der Waals surface area contributed by atoms with Gasteiger partial charge in [0, 0.05) is 12.2 Å². The van der Waals surface area contributed by atoms with E-state index in [1.807, 2.05) is 13.8 Å². The maximum absolute atomic E-state index is 10.8. The zero-order chi connectivity index (χ0) is 14.5. The molecule has 2 N–H and O–H groups in total. The first-order chi connectivity index (χ1) is 8.89. The third-order valence-corrected chi connectivity index (χ3v) is 3.37. The van der Waals surface area contributed by atoms with Crippen LogP contribution in [-0.4, -0.2) is 17.6 Å². The summed E-state index contributed by atoms with van der Waals surface area (Å²) in [4.78, 5) is 10.8. The molecule has 19 heavy (non-hydrogen) atoms. The lowest BCUT2D eigenvalue weighted by Crippen LogP contribution is -2.26. The zero-order valence-corrected chi connectivity index (χ0v) is 12.4. The lowest BCUT2D eigenvalue weighted by Gasteiger charge is -2.25. The summed E-state index contributed by atoms with van der Waals surface area (Å²) in [6, 6.07) is 6.35. The topological polar surface area (TPSA) is 49.3 Å². The fourth-order valence-electron chi connectivity index (χ4n) is 2.27. The Kier molecular flexibility index (Phi) is 5.40. The number of carboxylic acids is 1. The number of anilines is 1. The second kappa shape index (κ2) is 6.60. The summed E-state index contributed by atoms with van der Waals surface area (Å²) in [5, 5.41) is 12.4. The van der Waals surface area contributed by atoms with Crippen LogP contribution >= 0.6 is 0 Å². The first-order valence-corrected chi connectivity index (χ1v) is 6.96. The molecular formula is C16H25NO2. The fraction of sp³-hybridized carbons (Fsp3) is 0.562. The van der Waals surface area contributed by atoms with Gasteiger partial charge in [-0.15, -0.1) is 0 Å². The largest absolute Gasteiger partial charge is 0.481 e. The van der Waals surface area contributed by atoms with Crippen LogP contribution in [0.5, 0.6) is 0 Å². The summed E-state index contributed by atoms with van der Waals surface area (Å²) in [7, 11) is 0. The molecule has 0 aromatic heterocycles. The third kappa shape index (κ3) is 4.58. The summed E-state index contributed by atoms with van der Waals surface area (Å²) in [5.41, 5.74) is 3.53. The predicted octanol–water partition coefficient (Wildman–Crippen LogP) is 3.72. The Labute approximate surface area is 116 Å². The smallest absolute Gasteiger partial charge is 0.303 e.